The fourth-order valence-corrected chi connectivity index (χ4v) is 3.10. The average Bonchev–Trinajstić information content (AvgIpc) is 3.00. The van der Waals surface area contributed by atoms with Gasteiger partial charge in [0.2, 0.25) is 5.91 Å². The van der Waals surface area contributed by atoms with Crippen molar-refractivity contribution in [1.29, 1.82) is 0 Å². The molecule has 1 N–H and O–H groups in total. The third-order valence-electron chi connectivity index (χ3n) is 4.27. The molecule has 1 amide bonds. The monoisotopic (exact) mass is 238 g/mol. The van der Waals surface area contributed by atoms with Crippen LogP contribution < -0.4 is 5.32 Å². The Morgan fingerprint density at radius 3 is 2.53 bits per heavy atom. The number of nitrogens with zero attached hydrogens (tertiary/aromatic N) is 1. The Morgan fingerprint density at radius 2 is 1.88 bits per heavy atom. The third-order valence-corrected chi connectivity index (χ3v) is 4.27. The Bertz CT molecular complexity index is 243. The van der Waals surface area contributed by atoms with Gasteiger partial charge in [-0.05, 0) is 38.6 Å². The van der Waals surface area contributed by atoms with Gasteiger partial charge in [0.1, 0.15) is 0 Å². The number of nitrogens with one attached hydrogen (secondary N) is 1. The van der Waals surface area contributed by atoms with E-state index in [0.29, 0.717) is 5.91 Å². The van der Waals surface area contributed by atoms with E-state index in [1.54, 1.807) is 0 Å². The summed E-state index contributed by atoms with van der Waals surface area (Å²) in [5.74, 6) is 1.21. The molecule has 3 heteroatoms. The number of hydrogen-bond acceptors (Lipinski definition) is 2. The summed E-state index contributed by atoms with van der Waals surface area (Å²) in [4.78, 5) is 14.0. The molecule has 1 unspecified atom stereocenters. The van der Waals surface area contributed by atoms with Gasteiger partial charge >= 0.3 is 0 Å². The SMILES string of the molecule is CC(NCCC1CCCC1)C(=O)N1CCCC1. The molecule has 0 radical (unpaired) electrons. The second kappa shape index (κ2) is 6.39. The molecule has 0 aromatic heterocycles. The number of carbonyl (C=O) groups excluding carboxylic acids is 1. The number of hydrogen-bond donors (Lipinski definition) is 1. The van der Waals surface area contributed by atoms with E-state index >= 15 is 0 Å². The van der Waals surface area contributed by atoms with Gasteiger partial charge in [-0.2, -0.15) is 0 Å². The van der Waals surface area contributed by atoms with Gasteiger partial charge in [-0.25, -0.2) is 0 Å². The second-order valence-corrected chi connectivity index (χ2v) is 5.65. The predicted octanol–water partition coefficient (Wildman–Crippen LogP) is 2.17. The zero-order valence-corrected chi connectivity index (χ0v) is 11.1. The summed E-state index contributed by atoms with van der Waals surface area (Å²) in [5, 5.41) is 3.39. The zero-order valence-electron chi connectivity index (χ0n) is 11.1. The van der Waals surface area contributed by atoms with Crippen molar-refractivity contribution >= 4 is 5.91 Å². The van der Waals surface area contributed by atoms with Crippen molar-refractivity contribution in [2.45, 2.75) is 57.9 Å². The standard InChI is InChI=1S/C14H26N2O/c1-12(14(17)16-10-4-5-11-16)15-9-8-13-6-2-3-7-13/h12-13,15H,2-11H2,1H3. The quantitative estimate of drug-likeness (QED) is 0.796. The van der Waals surface area contributed by atoms with E-state index in [9.17, 15) is 4.79 Å². The second-order valence-electron chi connectivity index (χ2n) is 5.65. The molecule has 17 heavy (non-hydrogen) atoms. The van der Waals surface area contributed by atoms with Crippen LogP contribution in [-0.4, -0.2) is 36.5 Å². The topological polar surface area (TPSA) is 32.3 Å². The van der Waals surface area contributed by atoms with Crippen LogP contribution in [0.1, 0.15) is 51.9 Å². The first-order valence-corrected chi connectivity index (χ1v) is 7.29. The Morgan fingerprint density at radius 1 is 1.24 bits per heavy atom. The highest BCUT2D eigenvalue weighted by molar-refractivity contribution is 5.81. The molecule has 1 atom stereocenters. The van der Waals surface area contributed by atoms with Crippen LogP contribution >= 0.6 is 0 Å². The molecule has 0 aromatic carbocycles. The van der Waals surface area contributed by atoms with Gasteiger partial charge in [0, 0.05) is 13.1 Å². The molecule has 0 aromatic rings. The minimum absolute atomic E-state index is 0.00880. The van der Waals surface area contributed by atoms with Crippen LogP contribution in [0, 0.1) is 5.92 Å². The van der Waals surface area contributed by atoms with Crippen molar-refractivity contribution in [3.05, 3.63) is 0 Å². The third kappa shape index (κ3) is 3.70. The highest BCUT2D eigenvalue weighted by Gasteiger charge is 2.23. The lowest BCUT2D eigenvalue weighted by molar-refractivity contribution is -0.131. The molecule has 1 aliphatic heterocycles. The number of likely N-dealkylation sites (tertiary alicyclic amines) is 1. The summed E-state index contributed by atoms with van der Waals surface area (Å²) in [6.45, 7) is 4.95. The van der Waals surface area contributed by atoms with Gasteiger partial charge in [0.05, 0.1) is 6.04 Å². The molecular formula is C14H26N2O. The van der Waals surface area contributed by atoms with Gasteiger partial charge < -0.3 is 10.2 Å². The maximum absolute atomic E-state index is 12.0. The van der Waals surface area contributed by atoms with E-state index in [1.807, 2.05) is 11.8 Å². The number of carbonyl (C=O) groups is 1. The lowest BCUT2D eigenvalue weighted by atomic mass is 10.0. The molecule has 1 aliphatic carbocycles. The van der Waals surface area contributed by atoms with Crippen molar-refractivity contribution in [1.82, 2.24) is 10.2 Å². The maximum atomic E-state index is 12.0. The summed E-state index contributed by atoms with van der Waals surface area (Å²) in [7, 11) is 0. The number of rotatable bonds is 5. The minimum Gasteiger partial charge on any atom is -0.341 e. The Hall–Kier alpha value is -0.570. The van der Waals surface area contributed by atoms with E-state index < -0.39 is 0 Å². The molecule has 2 aliphatic rings. The summed E-state index contributed by atoms with van der Waals surface area (Å²) < 4.78 is 0. The Labute approximate surface area is 105 Å². The first-order chi connectivity index (χ1) is 8.27. The zero-order chi connectivity index (χ0) is 12.1. The molecule has 98 valence electrons. The van der Waals surface area contributed by atoms with Crippen LogP contribution in [0.2, 0.25) is 0 Å². The Kier molecular flexibility index (Phi) is 4.84. The minimum atomic E-state index is 0.00880. The lowest BCUT2D eigenvalue weighted by Crippen LogP contribution is -2.44. The molecule has 2 fully saturated rings. The first kappa shape index (κ1) is 12.9. The van der Waals surface area contributed by atoms with Gasteiger partial charge in [-0.15, -0.1) is 0 Å². The molecule has 1 saturated carbocycles. The van der Waals surface area contributed by atoms with Crippen molar-refractivity contribution in [3.8, 4) is 0 Å². The molecule has 0 bridgehead atoms. The van der Waals surface area contributed by atoms with Gasteiger partial charge in [-0.1, -0.05) is 25.7 Å². The van der Waals surface area contributed by atoms with Crippen LogP contribution in [0.4, 0.5) is 0 Å². The smallest absolute Gasteiger partial charge is 0.239 e. The fourth-order valence-electron chi connectivity index (χ4n) is 3.10. The maximum Gasteiger partial charge on any atom is 0.239 e. The highest BCUT2D eigenvalue weighted by atomic mass is 16.2. The average molecular weight is 238 g/mol. The van der Waals surface area contributed by atoms with Crippen LogP contribution in [0.5, 0.6) is 0 Å². The lowest BCUT2D eigenvalue weighted by Gasteiger charge is -2.21. The molecule has 1 saturated heterocycles. The van der Waals surface area contributed by atoms with E-state index in [1.165, 1.54) is 44.9 Å². The van der Waals surface area contributed by atoms with Gasteiger partial charge in [0.25, 0.3) is 0 Å². The highest BCUT2D eigenvalue weighted by Crippen LogP contribution is 2.26. The predicted molar refractivity (Wildman–Crippen MR) is 69.9 cm³/mol. The normalized spacial score (nSPS) is 23.2. The molecule has 2 rings (SSSR count). The van der Waals surface area contributed by atoms with Gasteiger partial charge in [0.15, 0.2) is 0 Å². The van der Waals surface area contributed by atoms with Crippen LogP contribution in [0.3, 0.4) is 0 Å². The van der Waals surface area contributed by atoms with Crippen LogP contribution in [-0.2, 0) is 4.79 Å². The van der Waals surface area contributed by atoms with Crippen molar-refractivity contribution in [2.75, 3.05) is 19.6 Å². The van der Waals surface area contributed by atoms with E-state index in [2.05, 4.69) is 5.32 Å². The summed E-state index contributed by atoms with van der Waals surface area (Å²) >= 11 is 0. The number of amides is 1. The van der Waals surface area contributed by atoms with Crippen molar-refractivity contribution < 1.29 is 4.79 Å². The molecule has 0 spiro atoms. The van der Waals surface area contributed by atoms with E-state index in [-0.39, 0.29) is 6.04 Å². The van der Waals surface area contributed by atoms with Gasteiger partial charge in [-0.3, -0.25) is 4.79 Å². The summed E-state index contributed by atoms with van der Waals surface area (Å²) in [5.41, 5.74) is 0. The fraction of sp³-hybridized carbons (Fsp3) is 0.929. The summed E-state index contributed by atoms with van der Waals surface area (Å²) in [6, 6.07) is 0.00880. The van der Waals surface area contributed by atoms with Crippen LogP contribution in [0.25, 0.3) is 0 Å². The van der Waals surface area contributed by atoms with Crippen molar-refractivity contribution in [2.24, 2.45) is 5.92 Å². The van der Waals surface area contributed by atoms with Crippen molar-refractivity contribution in [3.63, 3.8) is 0 Å². The summed E-state index contributed by atoms with van der Waals surface area (Å²) in [6.07, 6.45) is 9.23. The molecular weight excluding hydrogens is 212 g/mol. The largest absolute Gasteiger partial charge is 0.341 e. The molecule has 3 nitrogen and oxygen atoms in total. The van der Waals surface area contributed by atoms with E-state index in [4.69, 9.17) is 0 Å². The Balaban J connectivity index is 1.62. The first-order valence-electron chi connectivity index (χ1n) is 7.29. The molecule has 1 heterocycles. The van der Waals surface area contributed by atoms with Crippen LogP contribution in [0.15, 0.2) is 0 Å². The van der Waals surface area contributed by atoms with E-state index in [0.717, 1.165) is 25.6 Å².